The van der Waals surface area contributed by atoms with E-state index in [0.29, 0.717) is 11.8 Å². The van der Waals surface area contributed by atoms with Crippen molar-refractivity contribution in [2.24, 2.45) is 0 Å². The molecule has 4 heteroatoms. The first-order valence-electron chi connectivity index (χ1n) is 6.46. The van der Waals surface area contributed by atoms with Crippen LogP contribution in [-0.4, -0.2) is 35.2 Å². The highest BCUT2D eigenvalue weighted by Gasteiger charge is 2.08. The van der Waals surface area contributed by atoms with Crippen LogP contribution in [0.25, 0.3) is 0 Å². The minimum absolute atomic E-state index is 0.177. The number of benzene rings is 1. The van der Waals surface area contributed by atoms with Crippen LogP contribution in [0.4, 0.5) is 0 Å². The maximum atomic E-state index is 9.29. The molecule has 0 aliphatic carbocycles. The SMILES string of the molecule is CCNC(CC)c1ccc(SCC(O)CO)cc1. The fourth-order valence-corrected chi connectivity index (χ4v) is 2.60. The van der Waals surface area contributed by atoms with E-state index < -0.39 is 6.10 Å². The van der Waals surface area contributed by atoms with Gasteiger partial charge in [0.05, 0.1) is 12.7 Å². The minimum Gasteiger partial charge on any atom is -0.394 e. The quantitative estimate of drug-likeness (QED) is 0.633. The Balaban J connectivity index is 2.56. The van der Waals surface area contributed by atoms with Crippen LogP contribution in [0.15, 0.2) is 29.2 Å². The number of hydrogen-bond acceptors (Lipinski definition) is 4. The second kappa shape index (κ2) is 8.53. The third-order valence-corrected chi connectivity index (χ3v) is 3.95. The molecule has 0 amide bonds. The number of rotatable bonds is 8. The van der Waals surface area contributed by atoms with E-state index in [0.717, 1.165) is 17.9 Å². The smallest absolute Gasteiger partial charge is 0.0864 e. The zero-order valence-corrected chi connectivity index (χ0v) is 11.9. The third kappa shape index (κ3) is 4.98. The van der Waals surface area contributed by atoms with Crippen molar-refractivity contribution in [3.8, 4) is 0 Å². The summed E-state index contributed by atoms with van der Waals surface area (Å²) in [5.74, 6) is 0.528. The Labute approximate surface area is 114 Å². The normalized spacial score (nSPS) is 14.4. The van der Waals surface area contributed by atoms with Gasteiger partial charge in [-0.3, -0.25) is 0 Å². The van der Waals surface area contributed by atoms with Crippen molar-refractivity contribution < 1.29 is 10.2 Å². The first kappa shape index (κ1) is 15.5. The lowest BCUT2D eigenvalue weighted by Crippen LogP contribution is -2.19. The maximum absolute atomic E-state index is 9.29. The second-order valence-electron chi connectivity index (χ2n) is 4.23. The van der Waals surface area contributed by atoms with Gasteiger partial charge in [-0.05, 0) is 30.7 Å². The molecule has 0 saturated heterocycles. The number of nitrogens with one attached hydrogen (secondary N) is 1. The van der Waals surface area contributed by atoms with Crippen LogP contribution in [0.3, 0.4) is 0 Å². The lowest BCUT2D eigenvalue weighted by Gasteiger charge is -2.16. The Morgan fingerprint density at radius 2 is 1.89 bits per heavy atom. The van der Waals surface area contributed by atoms with Gasteiger partial charge in [0.15, 0.2) is 0 Å². The van der Waals surface area contributed by atoms with Crippen LogP contribution in [0.5, 0.6) is 0 Å². The average molecular weight is 269 g/mol. The molecule has 3 nitrogen and oxygen atoms in total. The topological polar surface area (TPSA) is 52.5 Å². The number of aliphatic hydroxyl groups excluding tert-OH is 2. The zero-order valence-electron chi connectivity index (χ0n) is 11.1. The summed E-state index contributed by atoms with van der Waals surface area (Å²) in [6.07, 6.45) is 0.434. The van der Waals surface area contributed by atoms with E-state index in [1.54, 1.807) is 11.8 Å². The third-order valence-electron chi connectivity index (χ3n) is 2.79. The summed E-state index contributed by atoms with van der Waals surface area (Å²) in [5.41, 5.74) is 1.30. The van der Waals surface area contributed by atoms with E-state index in [4.69, 9.17) is 5.11 Å². The lowest BCUT2D eigenvalue weighted by molar-refractivity contribution is 0.113. The summed E-state index contributed by atoms with van der Waals surface area (Å²) in [6.45, 7) is 5.08. The minimum atomic E-state index is -0.639. The lowest BCUT2D eigenvalue weighted by atomic mass is 10.1. The van der Waals surface area contributed by atoms with Gasteiger partial charge in [-0.1, -0.05) is 26.0 Å². The van der Waals surface area contributed by atoms with Crippen LogP contribution >= 0.6 is 11.8 Å². The zero-order chi connectivity index (χ0) is 13.4. The molecule has 1 aromatic rings. The van der Waals surface area contributed by atoms with Gasteiger partial charge in [0.25, 0.3) is 0 Å². The highest BCUT2D eigenvalue weighted by atomic mass is 32.2. The number of aliphatic hydroxyl groups is 2. The van der Waals surface area contributed by atoms with Gasteiger partial charge in [0.2, 0.25) is 0 Å². The molecule has 0 spiro atoms. The van der Waals surface area contributed by atoms with E-state index in [9.17, 15) is 5.11 Å². The van der Waals surface area contributed by atoms with Gasteiger partial charge in [-0.25, -0.2) is 0 Å². The Morgan fingerprint density at radius 1 is 1.22 bits per heavy atom. The molecular formula is C14H23NO2S. The van der Waals surface area contributed by atoms with E-state index in [2.05, 4.69) is 43.4 Å². The van der Waals surface area contributed by atoms with Gasteiger partial charge in [0.1, 0.15) is 0 Å². The standard InChI is InChI=1S/C14H23NO2S/c1-3-14(15-4-2)11-5-7-13(8-6-11)18-10-12(17)9-16/h5-8,12,14-17H,3-4,9-10H2,1-2H3. The van der Waals surface area contributed by atoms with Crippen molar-refractivity contribution in [1.29, 1.82) is 0 Å². The fourth-order valence-electron chi connectivity index (χ4n) is 1.79. The molecule has 18 heavy (non-hydrogen) atoms. The molecule has 1 aromatic carbocycles. The Morgan fingerprint density at radius 3 is 2.39 bits per heavy atom. The Bertz CT molecular complexity index is 329. The number of hydrogen-bond donors (Lipinski definition) is 3. The molecule has 102 valence electrons. The summed E-state index contributed by atoms with van der Waals surface area (Å²) in [6, 6.07) is 8.82. The summed E-state index contributed by atoms with van der Waals surface area (Å²) < 4.78 is 0. The van der Waals surface area contributed by atoms with Gasteiger partial charge >= 0.3 is 0 Å². The van der Waals surface area contributed by atoms with Gasteiger partial charge in [-0.2, -0.15) is 0 Å². The summed E-state index contributed by atoms with van der Waals surface area (Å²) in [4.78, 5) is 1.12. The van der Waals surface area contributed by atoms with E-state index in [1.165, 1.54) is 5.56 Å². The molecule has 0 aliphatic heterocycles. The molecule has 2 unspecified atom stereocenters. The van der Waals surface area contributed by atoms with Crippen molar-refractivity contribution in [3.63, 3.8) is 0 Å². The molecule has 0 bridgehead atoms. The monoisotopic (exact) mass is 269 g/mol. The molecule has 0 aliphatic rings. The van der Waals surface area contributed by atoms with E-state index >= 15 is 0 Å². The molecule has 0 heterocycles. The van der Waals surface area contributed by atoms with Crippen LogP contribution in [0, 0.1) is 0 Å². The largest absolute Gasteiger partial charge is 0.394 e. The van der Waals surface area contributed by atoms with Crippen LogP contribution < -0.4 is 5.32 Å². The summed E-state index contributed by atoms with van der Waals surface area (Å²) in [7, 11) is 0. The van der Waals surface area contributed by atoms with Gasteiger partial charge in [0, 0.05) is 16.7 Å². The van der Waals surface area contributed by atoms with Crippen molar-refractivity contribution in [1.82, 2.24) is 5.32 Å². The fraction of sp³-hybridized carbons (Fsp3) is 0.571. The molecular weight excluding hydrogens is 246 g/mol. The molecule has 1 rings (SSSR count). The summed E-state index contributed by atoms with van der Waals surface area (Å²) >= 11 is 1.56. The second-order valence-corrected chi connectivity index (χ2v) is 5.33. The highest BCUT2D eigenvalue weighted by Crippen LogP contribution is 2.23. The first-order valence-corrected chi connectivity index (χ1v) is 7.44. The van der Waals surface area contributed by atoms with Crippen molar-refractivity contribution in [2.45, 2.75) is 37.3 Å². The molecule has 0 radical (unpaired) electrons. The molecule has 2 atom stereocenters. The average Bonchev–Trinajstić information content (AvgIpc) is 2.42. The molecule has 0 aromatic heterocycles. The Kier molecular flexibility index (Phi) is 7.35. The van der Waals surface area contributed by atoms with E-state index in [-0.39, 0.29) is 6.61 Å². The first-order chi connectivity index (χ1) is 8.71. The molecule has 3 N–H and O–H groups in total. The van der Waals surface area contributed by atoms with Crippen LogP contribution in [0.1, 0.15) is 31.9 Å². The van der Waals surface area contributed by atoms with Crippen LogP contribution in [-0.2, 0) is 0 Å². The van der Waals surface area contributed by atoms with E-state index in [1.807, 2.05) is 0 Å². The number of thioether (sulfide) groups is 1. The van der Waals surface area contributed by atoms with Crippen molar-refractivity contribution >= 4 is 11.8 Å². The Hall–Kier alpha value is -0.550. The van der Waals surface area contributed by atoms with Crippen molar-refractivity contribution in [2.75, 3.05) is 18.9 Å². The molecule has 0 saturated carbocycles. The maximum Gasteiger partial charge on any atom is 0.0864 e. The van der Waals surface area contributed by atoms with Gasteiger partial charge in [-0.15, -0.1) is 11.8 Å². The molecule has 0 fully saturated rings. The predicted octanol–water partition coefficient (Wildman–Crippen LogP) is 2.19. The van der Waals surface area contributed by atoms with Gasteiger partial charge < -0.3 is 15.5 Å². The van der Waals surface area contributed by atoms with Crippen LogP contribution in [0.2, 0.25) is 0 Å². The van der Waals surface area contributed by atoms with Crippen molar-refractivity contribution in [3.05, 3.63) is 29.8 Å². The highest BCUT2D eigenvalue weighted by molar-refractivity contribution is 7.99. The predicted molar refractivity (Wildman–Crippen MR) is 77.0 cm³/mol. The summed E-state index contributed by atoms with van der Waals surface area (Å²) in [5, 5.41) is 21.5.